The molecule has 1 aromatic carbocycles. The standard InChI is InChI=1S/C21H29N3OS.2ClH/c1-15(16-6-10-22-11-7-16)14-20(25)24-12-8-17(9-13-24)21-23-18-4-2-3-5-19(18)26-21;;/h2-5,15-17,22H,6-14H2,1H3;2*1H. The van der Waals surface area contributed by atoms with Gasteiger partial charge in [0, 0.05) is 25.4 Å². The van der Waals surface area contributed by atoms with Crippen LogP contribution in [0.5, 0.6) is 0 Å². The molecule has 1 N–H and O–H groups in total. The van der Waals surface area contributed by atoms with Crippen molar-refractivity contribution in [2.24, 2.45) is 11.8 Å². The van der Waals surface area contributed by atoms with Crippen LogP contribution in [0.1, 0.15) is 50.0 Å². The number of nitrogens with zero attached hydrogens (tertiary/aromatic N) is 2. The van der Waals surface area contributed by atoms with Crippen LogP contribution in [0.4, 0.5) is 0 Å². The summed E-state index contributed by atoms with van der Waals surface area (Å²) in [6.45, 7) is 6.26. The number of hydrogen-bond acceptors (Lipinski definition) is 4. The summed E-state index contributed by atoms with van der Waals surface area (Å²) in [6.07, 6.45) is 5.25. The molecular formula is C21H31Cl2N3OS. The summed E-state index contributed by atoms with van der Waals surface area (Å²) in [5.41, 5.74) is 1.11. The molecule has 0 saturated carbocycles. The number of fused-ring (bicyclic) bond motifs is 1. The Morgan fingerprint density at radius 1 is 1.18 bits per heavy atom. The predicted octanol–water partition coefficient (Wildman–Crippen LogP) is 4.87. The zero-order valence-corrected chi connectivity index (χ0v) is 18.9. The largest absolute Gasteiger partial charge is 0.343 e. The number of halogens is 2. The summed E-state index contributed by atoms with van der Waals surface area (Å²) in [6, 6.07) is 8.37. The van der Waals surface area contributed by atoms with E-state index < -0.39 is 0 Å². The van der Waals surface area contributed by atoms with Crippen LogP contribution in [-0.4, -0.2) is 42.0 Å². The number of carbonyl (C=O) groups excluding carboxylic acids is 1. The zero-order chi connectivity index (χ0) is 17.9. The minimum atomic E-state index is 0. The van der Waals surface area contributed by atoms with E-state index >= 15 is 0 Å². The fraction of sp³-hybridized carbons (Fsp3) is 0.619. The summed E-state index contributed by atoms with van der Waals surface area (Å²) >= 11 is 1.82. The predicted molar refractivity (Wildman–Crippen MR) is 122 cm³/mol. The van der Waals surface area contributed by atoms with Gasteiger partial charge in [-0.05, 0) is 62.7 Å². The second-order valence-corrected chi connectivity index (χ2v) is 9.01. The zero-order valence-electron chi connectivity index (χ0n) is 16.4. The van der Waals surface area contributed by atoms with Crippen molar-refractivity contribution in [2.45, 2.75) is 44.9 Å². The van der Waals surface area contributed by atoms with Gasteiger partial charge >= 0.3 is 0 Å². The molecule has 2 aliphatic rings. The third kappa shape index (κ3) is 5.38. The summed E-state index contributed by atoms with van der Waals surface area (Å²) in [4.78, 5) is 19.7. The molecule has 4 rings (SSSR count). The first-order chi connectivity index (χ1) is 12.7. The van der Waals surface area contributed by atoms with Gasteiger partial charge in [0.05, 0.1) is 15.2 Å². The van der Waals surface area contributed by atoms with Crippen molar-refractivity contribution in [3.63, 3.8) is 0 Å². The topological polar surface area (TPSA) is 45.2 Å². The van der Waals surface area contributed by atoms with Gasteiger partial charge in [0.15, 0.2) is 0 Å². The van der Waals surface area contributed by atoms with Crippen LogP contribution in [0.25, 0.3) is 10.2 Å². The average Bonchev–Trinajstić information content (AvgIpc) is 3.13. The van der Waals surface area contributed by atoms with Gasteiger partial charge in [0.1, 0.15) is 0 Å². The van der Waals surface area contributed by atoms with E-state index in [2.05, 4.69) is 41.4 Å². The SMILES string of the molecule is CC(CC(=O)N1CCC(c2nc3ccccc3s2)CC1)C1CCNCC1.Cl.Cl. The summed E-state index contributed by atoms with van der Waals surface area (Å²) < 4.78 is 1.27. The van der Waals surface area contributed by atoms with E-state index in [4.69, 9.17) is 4.98 Å². The fourth-order valence-electron chi connectivity index (χ4n) is 4.42. The smallest absolute Gasteiger partial charge is 0.222 e. The number of hydrogen-bond donors (Lipinski definition) is 1. The van der Waals surface area contributed by atoms with Crippen LogP contribution >= 0.6 is 36.2 Å². The summed E-state index contributed by atoms with van der Waals surface area (Å²) in [5, 5.41) is 4.67. The van der Waals surface area contributed by atoms with Crippen LogP contribution in [0.3, 0.4) is 0 Å². The van der Waals surface area contributed by atoms with Crippen molar-refractivity contribution in [3.05, 3.63) is 29.3 Å². The summed E-state index contributed by atoms with van der Waals surface area (Å²) in [7, 11) is 0. The fourth-order valence-corrected chi connectivity index (χ4v) is 5.56. The molecule has 0 aliphatic carbocycles. The van der Waals surface area contributed by atoms with E-state index in [0.717, 1.165) is 51.0 Å². The average molecular weight is 444 g/mol. The van der Waals surface area contributed by atoms with Crippen molar-refractivity contribution in [1.29, 1.82) is 0 Å². The molecule has 28 heavy (non-hydrogen) atoms. The highest BCUT2D eigenvalue weighted by molar-refractivity contribution is 7.18. The molecule has 156 valence electrons. The molecule has 7 heteroatoms. The van der Waals surface area contributed by atoms with E-state index in [9.17, 15) is 4.79 Å². The minimum Gasteiger partial charge on any atom is -0.343 e. The van der Waals surface area contributed by atoms with Crippen LogP contribution in [-0.2, 0) is 4.79 Å². The van der Waals surface area contributed by atoms with Crippen LogP contribution in [0.15, 0.2) is 24.3 Å². The maximum atomic E-state index is 12.7. The molecule has 3 heterocycles. The van der Waals surface area contributed by atoms with Crippen LogP contribution in [0.2, 0.25) is 0 Å². The third-order valence-corrected chi connectivity index (χ3v) is 7.39. The van der Waals surface area contributed by atoms with Crippen molar-refractivity contribution >= 4 is 52.3 Å². The first-order valence-corrected chi connectivity index (χ1v) is 10.9. The van der Waals surface area contributed by atoms with Gasteiger partial charge < -0.3 is 10.2 Å². The Balaban J connectivity index is 0.00000140. The van der Waals surface area contributed by atoms with E-state index in [1.165, 1.54) is 22.5 Å². The monoisotopic (exact) mass is 443 g/mol. The Morgan fingerprint density at radius 3 is 2.54 bits per heavy atom. The van der Waals surface area contributed by atoms with E-state index in [1.54, 1.807) is 0 Å². The lowest BCUT2D eigenvalue weighted by Gasteiger charge is -2.33. The van der Waals surface area contributed by atoms with Gasteiger partial charge in [-0.3, -0.25) is 4.79 Å². The molecule has 1 amide bonds. The second-order valence-electron chi connectivity index (χ2n) is 7.94. The number of piperidine rings is 2. The number of thiazole rings is 1. The Hall–Kier alpha value is -0.880. The first-order valence-electron chi connectivity index (χ1n) is 10.0. The van der Waals surface area contributed by atoms with Gasteiger partial charge in [-0.2, -0.15) is 0 Å². The highest BCUT2D eigenvalue weighted by atomic mass is 35.5. The van der Waals surface area contributed by atoms with E-state index in [1.807, 2.05) is 11.3 Å². The quantitative estimate of drug-likeness (QED) is 0.732. The molecule has 1 unspecified atom stereocenters. The van der Waals surface area contributed by atoms with Gasteiger partial charge in [0.25, 0.3) is 0 Å². The molecule has 0 spiro atoms. The molecule has 2 saturated heterocycles. The first kappa shape index (κ1) is 23.4. The van der Waals surface area contributed by atoms with Crippen LogP contribution in [0, 0.1) is 11.8 Å². The third-order valence-electron chi connectivity index (χ3n) is 6.19. The molecule has 1 atom stereocenters. The number of amides is 1. The number of nitrogens with one attached hydrogen (secondary N) is 1. The highest BCUT2D eigenvalue weighted by Crippen LogP contribution is 2.34. The number of benzene rings is 1. The van der Waals surface area contributed by atoms with E-state index in [0.29, 0.717) is 23.7 Å². The Bertz CT molecular complexity index is 722. The lowest BCUT2D eigenvalue weighted by Crippen LogP contribution is -2.39. The number of rotatable bonds is 4. The van der Waals surface area contributed by atoms with Gasteiger partial charge in [-0.1, -0.05) is 19.1 Å². The Labute approximate surface area is 184 Å². The Kier molecular flexibility index (Phi) is 9.00. The molecule has 1 aromatic heterocycles. The van der Waals surface area contributed by atoms with Gasteiger partial charge in [0.2, 0.25) is 5.91 Å². The lowest BCUT2D eigenvalue weighted by atomic mass is 9.83. The minimum absolute atomic E-state index is 0. The maximum absolute atomic E-state index is 12.7. The molecule has 2 aliphatic heterocycles. The molecular weight excluding hydrogens is 413 g/mol. The lowest BCUT2D eigenvalue weighted by molar-refractivity contribution is -0.133. The van der Waals surface area contributed by atoms with E-state index in [-0.39, 0.29) is 24.8 Å². The maximum Gasteiger partial charge on any atom is 0.222 e. The number of likely N-dealkylation sites (tertiary alicyclic amines) is 1. The second kappa shape index (κ2) is 10.8. The van der Waals surface area contributed by atoms with Gasteiger partial charge in [-0.15, -0.1) is 36.2 Å². The Morgan fingerprint density at radius 2 is 1.86 bits per heavy atom. The van der Waals surface area contributed by atoms with Crippen molar-refractivity contribution in [2.75, 3.05) is 26.2 Å². The molecule has 0 radical (unpaired) electrons. The summed E-state index contributed by atoms with van der Waals surface area (Å²) in [5.74, 6) is 2.09. The van der Waals surface area contributed by atoms with Gasteiger partial charge in [-0.25, -0.2) is 4.98 Å². The molecule has 2 aromatic rings. The normalized spacial score (nSPS) is 19.7. The van der Waals surface area contributed by atoms with Crippen LogP contribution < -0.4 is 5.32 Å². The number of para-hydroxylation sites is 1. The highest BCUT2D eigenvalue weighted by Gasteiger charge is 2.28. The van der Waals surface area contributed by atoms with Crippen molar-refractivity contribution in [1.82, 2.24) is 15.2 Å². The molecule has 4 nitrogen and oxygen atoms in total. The molecule has 2 fully saturated rings. The molecule has 0 bridgehead atoms. The number of aromatic nitrogens is 1. The van der Waals surface area contributed by atoms with Crippen molar-refractivity contribution in [3.8, 4) is 0 Å². The van der Waals surface area contributed by atoms with Crippen molar-refractivity contribution < 1.29 is 4.79 Å². The number of carbonyl (C=O) groups is 1.